The number of carbonyl (C=O) groups excluding carboxylic acids is 2. The van der Waals surface area contributed by atoms with Gasteiger partial charge in [0.05, 0.1) is 6.04 Å². The van der Waals surface area contributed by atoms with Crippen molar-refractivity contribution < 1.29 is 14.6 Å². The topological polar surface area (TPSA) is 137 Å². The van der Waals surface area contributed by atoms with Crippen LogP contribution in [0.4, 0.5) is 0 Å². The molecule has 0 saturated carbocycles. The normalized spacial score (nSPS) is 11.5. The monoisotopic (exact) mass is 349 g/mol. The molecule has 0 aliphatic carbocycles. The van der Waals surface area contributed by atoms with Gasteiger partial charge in [0.15, 0.2) is 5.03 Å². The first-order chi connectivity index (χ1) is 11.8. The molecule has 9 heteroatoms. The number of aldehydes is 1. The highest BCUT2D eigenvalue weighted by molar-refractivity contribution is 5.95. The van der Waals surface area contributed by atoms with Crippen LogP contribution >= 0.6 is 0 Å². The van der Waals surface area contributed by atoms with Crippen molar-refractivity contribution in [3.05, 3.63) is 45.5 Å². The number of nitrogens with zero attached hydrogens (tertiary/aromatic N) is 1. The highest BCUT2D eigenvalue weighted by Crippen LogP contribution is 2.14. The Morgan fingerprint density at radius 1 is 1.32 bits per heavy atom. The molecule has 1 atom stereocenters. The van der Waals surface area contributed by atoms with Crippen LogP contribution in [0.5, 0.6) is 0 Å². The van der Waals surface area contributed by atoms with Crippen LogP contribution in [0.2, 0.25) is 0 Å². The maximum atomic E-state index is 12.2. The zero-order valence-corrected chi connectivity index (χ0v) is 14.2. The first-order valence-corrected chi connectivity index (χ1v) is 7.93. The highest BCUT2D eigenvalue weighted by atomic mass is 16.7. The average Bonchev–Trinajstić information content (AvgIpc) is 2.56. The van der Waals surface area contributed by atoms with E-state index in [1.54, 1.807) is 17.6 Å². The minimum atomic E-state index is -0.839. The second kappa shape index (κ2) is 10.0. The van der Waals surface area contributed by atoms with Gasteiger partial charge in [0.1, 0.15) is 6.29 Å². The third-order valence-electron chi connectivity index (χ3n) is 3.52. The number of nitro groups is 1. The molecular formula is C16H23N5O4. The summed E-state index contributed by atoms with van der Waals surface area (Å²) in [5.74, 6) is -0.388. The number of guanidine groups is 1. The number of benzene rings is 1. The lowest BCUT2D eigenvalue weighted by Crippen LogP contribution is -2.41. The van der Waals surface area contributed by atoms with E-state index in [1.165, 1.54) is 0 Å². The lowest BCUT2D eigenvalue weighted by Gasteiger charge is -2.13. The SMILES string of the molecule is CC(C)c1ccc(C(=O)NC(C=O)CCCNC(=N)N[N+](=O)[O-])cc1. The summed E-state index contributed by atoms with van der Waals surface area (Å²) in [6.45, 7) is 4.39. The lowest BCUT2D eigenvalue weighted by atomic mass is 10.0. The summed E-state index contributed by atoms with van der Waals surface area (Å²) < 4.78 is 0. The van der Waals surface area contributed by atoms with Gasteiger partial charge in [-0.1, -0.05) is 31.4 Å². The highest BCUT2D eigenvalue weighted by Gasteiger charge is 2.13. The summed E-state index contributed by atoms with van der Waals surface area (Å²) in [5.41, 5.74) is 3.27. The molecule has 0 spiro atoms. The Morgan fingerprint density at radius 3 is 2.48 bits per heavy atom. The Labute approximate surface area is 145 Å². The summed E-state index contributed by atoms with van der Waals surface area (Å²) >= 11 is 0. The zero-order valence-electron chi connectivity index (χ0n) is 14.2. The molecule has 1 unspecified atom stereocenters. The number of rotatable bonds is 9. The van der Waals surface area contributed by atoms with E-state index in [0.29, 0.717) is 30.6 Å². The third-order valence-corrected chi connectivity index (χ3v) is 3.52. The first kappa shape index (κ1) is 20.1. The number of hydrogen-bond donors (Lipinski definition) is 4. The largest absolute Gasteiger partial charge is 0.352 e. The van der Waals surface area contributed by atoms with Crippen LogP contribution in [0.25, 0.3) is 0 Å². The van der Waals surface area contributed by atoms with Gasteiger partial charge in [0.2, 0.25) is 0 Å². The zero-order chi connectivity index (χ0) is 18.8. The minimum Gasteiger partial charge on any atom is -0.352 e. The van der Waals surface area contributed by atoms with Gasteiger partial charge >= 0.3 is 0 Å². The number of nitrogens with one attached hydrogen (secondary N) is 4. The van der Waals surface area contributed by atoms with Crippen molar-refractivity contribution in [3.8, 4) is 0 Å². The van der Waals surface area contributed by atoms with Crippen molar-refractivity contribution in [3.63, 3.8) is 0 Å². The van der Waals surface area contributed by atoms with E-state index >= 15 is 0 Å². The van der Waals surface area contributed by atoms with Crippen LogP contribution in [-0.2, 0) is 4.79 Å². The van der Waals surface area contributed by atoms with Crippen LogP contribution in [0.15, 0.2) is 24.3 Å². The number of hydrazine groups is 1. The van der Waals surface area contributed by atoms with Crippen LogP contribution < -0.4 is 16.1 Å². The Balaban J connectivity index is 2.42. The molecule has 0 heterocycles. The predicted molar refractivity (Wildman–Crippen MR) is 92.9 cm³/mol. The van der Waals surface area contributed by atoms with Gasteiger partial charge in [0, 0.05) is 12.1 Å². The number of hydrogen-bond acceptors (Lipinski definition) is 5. The van der Waals surface area contributed by atoms with Gasteiger partial charge < -0.3 is 15.4 Å². The van der Waals surface area contributed by atoms with E-state index in [-0.39, 0.29) is 12.5 Å². The van der Waals surface area contributed by atoms with Gasteiger partial charge in [-0.25, -0.2) is 10.1 Å². The van der Waals surface area contributed by atoms with E-state index in [0.717, 1.165) is 5.56 Å². The summed E-state index contributed by atoms with van der Waals surface area (Å²) in [7, 11) is 0. The fourth-order valence-electron chi connectivity index (χ4n) is 2.11. The summed E-state index contributed by atoms with van der Waals surface area (Å²) in [4.78, 5) is 33.4. The average molecular weight is 349 g/mol. The molecule has 0 radical (unpaired) electrons. The second-order valence-corrected chi connectivity index (χ2v) is 5.81. The molecule has 0 aromatic heterocycles. The van der Waals surface area contributed by atoms with Crippen molar-refractivity contribution in [2.45, 2.75) is 38.6 Å². The van der Waals surface area contributed by atoms with E-state index in [2.05, 4.69) is 24.5 Å². The number of carbonyl (C=O) groups is 2. The molecule has 1 aromatic rings. The van der Waals surface area contributed by atoms with Crippen molar-refractivity contribution in [1.29, 1.82) is 5.41 Å². The smallest absolute Gasteiger partial charge is 0.251 e. The molecule has 1 rings (SSSR count). The first-order valence-electron chi connectivity index (χ1n) is 7.93. The minimum absolute atomic E-state index is 0.267. The van der Waals surface area contributed by atoms with E-state index < -0.39 is 17.0 Å². The van der Waals surface area contributed by atoms with Crippen molar-refractivity contribution in [1.82, 2.24) is 16.1 Å². The molecule has 0 bridgehead atoms. The van der Waals surface area contributed by atoms with Crippen LogP contribution in [0.3, 0.4) is 0 Å². The molecular weight excluding hydrogens is 326 g/mol. The molecule has 1 aromatic carbocycles. The Bertz CT molecular complexity index is 615. The predicted octanol–water partition coefficient (Wildman–Crippen LogP) is 1.19. The van der Waals surface area contributed by atoms with Gasteiger partial charge in [0.25, 0.3) is 11.9 Å². The molecule has 9 nitrogen and oxygen atoms in total. The second-order valence-electron chi connectivity index (χ2n) is 5.81. The van der Waals surface area contributed by atoms with Crippen LogP contribution in [0, 0.1) is 15.5 Å². The maximum absolute atomic E-state index is 12.2. The summed E-state index contributed by atoms with van der Waals surface area (Å²) in [6.07, 6.45) is 1.47. The van der Waals surface area contributed by atoms with Crippen LogP contribution in [-0.4, -0.2) is 35.8 Å². The van der Waals surface area contributed by atoms with E-state index in [9.17, 15) is 19.7 Å². The lowest BCUT2D eigenvalue weighted by molar-refractivity contribution is -0.525. The Morgan fingerprint density at radius 2 is 1.96 bits per heavy atom. The molecule has 0 aliphatic heterocycles. The fraction of sp³-hybridized carbons (Fsp3) is 0.438. The number of amides is 1. The van der Waals surface area contributed by atoms with Crippen molar-refractivity contribution in [2.75, 3.05) is 6.54 Å². The molecule has 0 saturated heterocycles. The van der Waals surface area contributed by atoms with Gasteiger partial charge in [-0.3, -0.25) is 10.2 Å². The van der Waals surface area contributed by atoms with E-state index in [1.807, 2.05) is 12.1 Å². The molecule has 4 N–H and O–H groups in total. The van der Waals surface area contributed by atoms with Crippen molar-refractivity contribution in [2.24, 2.45) is 0 Å². The van der Waals surface area contributed by atoms with Gasteiger partial charge in [-0.15, -0.1) is 0 Å². The quantitative estimate of drug-likeness (QED) is 0.132. The van der Waals surface area contributed by atoms with Gasteiger partial charge in [-0.2, -0.15) is 0 Å². The Hall–Kier alpha value is -2.97. The van der Waals surface area contributed by atoms with Crippen LogP contribution in [0.1, 0.15) is 48.5 Å². The molecule has 0 fully saturated rings. The molecule has 136 valence electrons. The summed E-state index contributed by atoms with van der Waals surface area (Å²) in [5, 5.41) is 21.6. The standard InChI is InChI=1S/C16H23N5O4/c1-11(2)12-5-7-13(8-6-12)15(23)19-14(10-22)4-3-9-18-16(17)20-21(24)25/h5-8,10-11,14H,3-4,9H2,1-2H3,(H,19,23)(H3,17,18,20). The maximum Gasteiger partial charge on any atom is 0.251 e. The van der Waals surface area contributed by atoms with Crippen molar-refractivity contribution >= 4 is 18.2 Å². The third kappa shape index (κ3) is 7.42. The van der Waals surface area contributed by atoms with Gasteiger partial charge in [-0.05, 0) is 36.5 Å². The molecule has 1 amide bonds. The Kier molecular flexibility index (Phi) is 8.04. The fourth-order valence-corrected chi connectivity index (χ4v) is 2.11. The molecule has 0 aliphatic rings. The summed E-state index contributed by atoms with van der Waals surface area (Å²) in [6, 6.07) is 6.55. The van der Waals surface area contributed by atoms with E-state index in [4.69, 9.17) is 5.41 Å². The molecule has 25 heavy (non-hydrogen) atoms.